The van der Waals surface area contributed by atoms with Crippen LogP contribution in [0.4, 0.5) is 5.82 Å². The molecule has 1 heterocycles. The molecule has 0 aliphatic carbocycles. The van der Waals surface area contributed by atoms with Gasteiger partial charge in [-0.15, -0.1) is 0 Å². The summed E-state index contributed by atoms with van der Waals surface area (Å²) >= 11 is 0. The SMILES string of the molecule is CNc1[nH]ncc1C#N. The van der Waals surface area contributed by atoms with Crippen molar-refractivity contribution in [3.63, 3.8) is 0 Å². The van der Waals surface area contributed by atoms with Crippen LogP contribution in [-0.4, -0.2) is 17.2 Å². The molecule has 4 nitrogen and oxygen atoms in total. The van der Waals surface area contributed by atoms with Crippen molar-refractivity contribution in [2.45, 2.75) is 0 Å². The molecular weight excluding hydrogens is 116 g/mol. The highest BCUT2D eigenvalue weighted by atomic mass is 15.2. The Balaban J connectivity index is 3.02. The Labute approximate surface area is 52.5 Å². The minimum Gasteiger partial charge on any atom is -0.372 e. The van der Waals surface area contributed by atoms with Crippen LogP contribution in [-0.2, 0) is 0 Å². The van der Waals surface area contributed by atoms with Gasteiger partial charge in [0.05, 0.1) is 6.20 Å². The third-order valence-electron chi connectivity index (χ3n) is 1.01. The minimum absolute atomic E-state index is 0.539. The molecular formula is C5H6N4. The van der Waals surface area contributed by atoms with Crippen molar-refractivity contribution in [1.29, 1.82) is 5.26 Å². The van der Waals surface area contributed by atoms with E-state index in [1.807, 2.05) is 6.07 Å². The summed E-state index contributed by atoms with van der Waals surface area (Å²) in [6.45, 7) is 0. The molecule has 0 aliphatic rings. The van der Waals surface area contributed by atoms with Crippen LogP contribution < -0.4 is 5.32 Å². The van der Waals surface area contributed by atoms with E-state index >= 15 is 0 Å². The van der Waals surface area contributed by atoms with E-state index in [1.54, 1.807) is 7.05 Å². The third kappa shape index (κ3) is 0.842. The number of anilines is 1. The summed E-state index contributed by atoms with van der Waals surface area (Å²) in [7, 11) is 1.73. The van der Waals surface area contributed by atoms with E-state index < -0.39 is 0 Å². The molecule has 0 radical (unpaired) electrons. The topological polar surface area (TPSA) is 64.5 Å². The normalized spacial score (nSPS) is 8.44. The van der Waals surface area contributed by atoms with E-state index in [4.69, 9.17) is 5.26 Å². The van der Waals surface area contributed by atoms with E-state index in [-0.39, 0.29) is 0 Å². The maximum absolute atomic E-state index is 8.39. The van der Waals surface area contributed by atoms with Crippen molar-refractivity contribution in [1.82, 2.24) is 10.2 Å². The number of hydrogen-bond acceptors (Lipinski definition) is 3. The molecule has 4 heteroatoms. The van der Waals surface area contributed by atoms with Gasteiger partial charge in [-0.25, -0.2) is 0 Å². The summed E-state index contributed by atoms with van der Waals surface area (Å²) in [6.07, 6.45) is 1.48. The quantitative estimate of drug-likeness (QED) is 0.563. The molecule has 0 amide bonds. The summed E-state index contributed by atoms with van der Waals surface area (Å²) in [5, 5.41) is 17.5. The fourth-order valence-corrected chi connectivity index (χ4v) is 0.561. The predicted molar refractivity (Wildman–Crippen MR) is 32.8 cm³/mol. The third-order valence-corrected chi connectivity index (χ3v) is 1.01. The van der Waals surface area contributed by atoms with Gasteiger partial charge < -0.3 is 5.32 Å². The monoisotopic (exact) mass is 122 g/mol. The average molecular weight is 122 g/mol. The van der Waals surface area contributed by atoms with Gasteiger partial charge in [-0.3, -0.25) is 5.10 Å². The first-order chi connectivity index (χ1) is 4.38. The van der Waals surface area contributed by atoms with Crippen LogP contribution in [0.3, 0.4) is 0 Å². The van der Waals surface area contributed by atoms with Crippen LogP contribution in [0, 0.1) is 11.3 Å². The lowest BCUT2D eigenvalue weighted by Gasteiger charge is -1.90. The second kappa shape index (κ2) is 2.18. The molecule has 0 aliphatic heterocycles. The van der Waals surface area contributed by atoms with Crippen LogP contribution >= 0.6 is 0 Å². The number of rotatable bonds is 1. The van der Waals surface area contributed by atoms with Gasteiger partial charge in [0, 0.05) is 7.05 Å². The maximum atomic E-state index is 8.39. The summed E-state index contributed by atoms with van der Waals surface area (Å²) in [4.78, 5) is 0. The number of H-pyrrole nitrogens is 1. The molecule has 1 aromatic heterocycles. The van der Waals surface area contributed by atoms with E-state index in [1.165, 1.54) is 6.20 Å². The molecule has 2 N–H and O–H groups in total. The van der Waals surface area contributed by atoms with E-state index in [9.17, 15) is 0 Å². The minimum atomic E-state index is 0.539. The molecule has 0 saturated heterocycles. The Kier molecular flexibility index (Phi) is 1.36. The van der Waals surface area contributed by atoms with Gasteiger partial charge in [-0.1, -0.05) is 0 Å². The zero-order valence-corrected chi connectivity index (χ0v) is 4.97. The van der Waals surface area contributed by atoms with Crippen LogP contribution in [0.1, 0.15) is 5.56 Å². The number of hydrogen-bond donors (Lipinski definition) is 2. The van der Waals surface area contributed by atoms with Crippen molar-refractivity contribution in [2.75, 3.05) is 12.4 Å². The Morgan fingerprint density at radius 1 is 1.89 bits per heavy atom. The van der Waals surface area contributed by atoms with Gasteiger partial charge >= 0.3 is 0 Å². The van der Waals surface area contributed by atoms with Gasteiger partial charge in [-0.05, 0) is 0 Å². The van der Waals surface area contributed by atoms with Crippen molar-refractivity contribution in [3.8, 4) is 6.07 Å². The van der Waals surface area contributed by atoms with E-state index in [2.05, 4.69) is 15.5 Å². The first kappa shape index (κ1) is 5.63. The Hall–Kier alpha value is -1.50. The number of nitriles is 1. The lowest BCUT2D eigenvalue weighted by Crippen LogP contribution is -1.89. The summed E-state index contributed by atoms with van der Waals surface area (Å²) in [6, 6.07) is 1.97. The van der Waals surface area contributed by atoms with Crippen molar-refractivity contribution in [3.05, 3.63) is 11.8 Å². The molecule has 1 aromatic rings. The zero-order chi connectivity index (χ0) is 6.69. The van der Waals surface area contributed by atoms with Gasteiger partial charge in [0.25, 0.3) is 0 Å². The Morgan fingerprint density at radius 3 is 3.11 bits per heavy atom. The fraction of sp³-hybridized carbons (Fsp3) is 0.200. The summed E-state index contributed by atoms with van der Waals surface area (Å²) in [5.74, 6) is 0.664. The molecule has 0 bridgehead atoms. The summed E-state index contributed by atoms with van der Waals surface area (Å²) in [5.41, 5.74) is 0.539. The lowest BCUT2D eigenvalue weighted by atomic mass is 10.4. The lowest BCUT2D eigenvalue weighted by molar-refractivity contribution is 1.09. The predicted octanol–water partition coefficient (Wildman–Crippen LogP) is 0.323. The smallest absolute Gasteiger partial charge is 0.139 e. The van der Waals surface area contributed by atoms with E-state index in [0.717, 1.165) is 0 Å². The first-order valence-corrected chi connectivity index (χ1v) is 2.49. The van der Waals surface area contributed by atoms with Crippen LogP contribution in [0.5, 0.6) is 0 Å². The van der Waals surface area contributed by atoms with Crippen molar-refractivity contribution >= 4 is 5.82 Å². The molecule has 0 aromatic carbocycles. The average Bonchev–Trinajstić information content (AvgIpc) is 2.33. The van der Waals surface area contributed by atoms with Gasteiger partial charge in [0.1, 0.15) is 17.5 Å². The number of aromatic amines is 1. The highest BCUT2D eigenvalue weighted by Crippen LogP contribution is 2.05. The molecule has 9 heavy (non-hydrogen) atoms. The molecule has 46 valence electrons. The first-order valence-electron chi connectivity index (χ1n) is 2.49. The molecule has 0 spiro atoms. The van der Waals surface area contributed by atoms with Gasteiger partial charge in [0.2, 0.25) is 0 Å². The molecule has 0 unspecified atom stereocenters. The van der Waals surface area contributed by atoms with Crippen molar-refractivity contribution in [2.24, 2.45) is 0 Å². The summed E-state index contributed by atoms with van der Waals surface area (Å²) < 4.78 is 0. The number of aromatic nitrogens is 2. The van der Waals surface area contributed by atoms with Crippen LogP contribution in [0.2, 0.25) is 0 Å². The zero-order valence-electron chi connectivity index (χ0n) is 4.97. The highest BCUT2D eigenvalue weighted by Gasteiger charge is 1.98. The van der Waals surface area contributed by atoms with Gasteiger partial charge in [0.15, 0.2) is 0 Å². The van der Waals surface area contributed by atoms with E-state index in [0.29, 0.717) is 11.4 Å². The molecule has 0 atom stereocenters. The molecule has 0 saturated carbocycles. The standard InChI is InChI=1S/C5H6N4/c1-7-5-4(2-6)3-8-9-5/h3H,1H3,(H2,7,8,9). The van der Waals surface area contributed by atoms with Crippen molar-refractivity contribution < 1.29 is 0 Å². The fourth-order valence-electron chi connectivity index (χ4n) is 0.561. The second-order valence-electron chi connectivity index (χ2n) is 1.52. The maximum Gasteiger partial charge on any atom is 0.139 e. The Bertz CT molecular complexity index is 231. The molecule has 1 rings (SSSR count). The highest BCUT2D eigenvalue weighted by molar-refractivity contribution is 5.49. The van der Waals surface area contributed by atoms with Gasteiger partial charge in [-0.2, -0.15) is 10.4 Å². The molecule has 0 fully saturated rings. The van der Waals surface area contributed by atoms with Crippen LogP contribution in [0.15, 0.2) is 6.20 Å². The number of nitrogens with zero attached hydrogens (tertiary/aromatic N) is 2. The Morgan fingerprint density at radius 2 is 2.67 bits per heavy atom. The van der Waals surface area contributed by atoms with Crippen LogP contribution in [0.25, 0.3) is 0 Å². The number of nitrogens with one attached hydrogen (secondary N) is 2. The largest absolute Gasteiger partial charge is 0.372 e. The second-order valence-corrected chi connectivity index (χ2v) is 1.52.